The number of esters is 2. The van der Waals surface area contributed by atoms with Gasteiger partial charge in [-0.05, 0) is 64.2 Å². The molecule has 0 saturated carbocycles. The number of methoxy groups -OCH3 is 1. The SMILES string of the molecule is CCCCCCCC/C=C\CCCCCCCC(=O)O[C@@H]1[C@@H](OC(=O)CCCCCCC/C=C\CCCCCCCC)[C@@H](OC)O[C@H](CO)[C@H]1OS(=O)(=O)[O-].[Na+]. The molecule has 1 aliphatic rings. The average molecular weight is 825 g/mol. The molecule has 1 heterocycles. The maximum absolute atomic E-state index is 13.0. The average Bonchev–Trinajstić information content (AvgIpc) is 3.15. The van der Waals surface area contributed by atoms with Crippen LogP contribution in [0.2, 0.25) is 0 Å². The third kappa shape index (κ3) is 29.4. The van der Waals surface area contributed by atoms with Crippen molar-refractivity contribution in [3.8, 4) is 0 Å². The van der Waals surface area contributed by atoms with Gasteiger partial charge < -0.3 is 28.6 Å². The summed E-state index contributed by atoms with van der Waals surface area (Å²) < 4.78 is 62.0. The Morgan fingerprint density at radius 2 is 0.946 bits per heavy atom. The van der Waals surface area contributed by atoms with Crippen LogP contribution >= 0.6 is 0 Å². The first-order chi connectivity index (χ1) is 26.7. The van der Waals surface area contributed by atoms with Crippen molar-refractivity contribution >= 4 is 22.3 Å². The van der Waals surface area contributed by atoms with E-state index in [9.17, 15) is 27.7 Å². The number of aliphatic hydroxyl groups excluding tert-OH is 1. The van der Waals surface area contributed by atoms with Gasteiger partial charge in [0.25, 0.3) is 0 Å². The zero-order valence-electron chi connectivity index (χ0n) is 35.6. The van der Waals surface area contributed by atoms with E-state index in [0.29, 0.717) is 12.8 Å². The molecular formula is C43H77NaO11S. The monoisotopic (exact) mass is 825 g/mol. The largest absolute Gasteiger partial charge is 1.00 e. The van der Waals surface area contributed by atoms with Gasteiger partial charge in [-0.15, -0.1) is 0 Å². The van der Waals surface area contributed by atoms with E-state index in [4.69, 9.17) is 23.1 Å². The van der Waals surface area contributed by atoms with Crippen molar-refractivity contribution in [2.45, 2.75) is 224 Å². The van der Waals surface area contributed by atoms with E-state index in [1.165, 1.54) is 84.2 Å². The van der Waals surface area contributed by atoms with Crippen molar-refractivity contribution in [2.24, 2.45) is 0 Å². The first kappa shape index (κ1) is 55.2. The summed E-state index contributed by atoms with van der Waals surface area (Å²) in [6.07, 6.45) is 30.7. The maximum Gasteiger partial charge on any atom is 1.00 e. The molecule has 1 aliphatic heterocycles. The molecule has 1 N–H and O–H groups in total. The van der Waals surface area contributed by atoms with Crippen LogP contribution in [0.3, 0.4) is 0 Å². The predicted molar refractivity (Wildman–Crippen MR) is 216 cm³/mol. The summed E-state index contributed by atoms with van der Waals surface area (Å²) in [6.45, 7) is 3.70. The minimum Gasteiger partial charge on any atom is -0.726 e. The fraction of sp³-hybridized carbons (Fsp3) is 0.860. The van der Waals surface area contributed by atoms with Gasteiger partial charge >= 0.3 is 41.5 Å². The minimum absolute atomic E-state index is 0. The number of carbonyl (C=O) groups excluding carboxylic acids is 2. The van der Waals surface area contributed by atoms with Crippen LogP contribution in [-0.2, 0) is 43.1 Å². The molecule has 13 heteroatoms. The van der Waals surface area contributed by atoms with E-state index >= 15 is 0 Å². The molecular weight excluding hydrogens is 748 g/mol. The quantitative estimate of drug-likeness (QED) is 0.0172. The smallest absolute Gasteiger partial charge is 0.726 e. The van der Waals surface area contributed by atoms with Crippen LogP contribution in [0.15, 0.2) is 24.3 Å². The van der Waals surface area contributed by atoms with Gasteiger partial charge in [0.1, 0.15) is 12.2 Å². The van der Waals surface area contributed by atoms with Crippen LogP contribution in [0, 0.1) is 0 Å². The molecule has 5 atom stereocenters. The minimum atomic E-state index is -5.32. The molecule has 322 valence electrons. The first-order valence-corrected chi connectivity index (χ1v) is 23.1. The zero-order chi connectivity index (χ0) is 40.4. The van der Waals surface area contributed by atoms with Crippen LogP contribution in [0.4, 0.5) is 0 Å². The Labute approximate surface area is 363 Å². The predicted octanol–water partition coefficient (Wildman–Crippen LogP) is 7.10. The van der Waals surface area contributed by atoms with Gasteiger partial charge in [0, 0.05) is 20.0 Å². The van der Waals surface area contributed by atoms with Crippen molar-refractivity contribution in [2.75, 3.05) is 13.7 Å². The van der Waals surface area contributed by atoms with E-state index in [0.717, 1.165) is 77.0 Å². The second-order valence-electron chi connectivity index (χ2n) is 15.0. The Kier molecular flexibility index (Phi) is 36.6. The Morgan fingerprint density at radius 3 is 1.30 bits per heavy atom. The van der Waals surface area contributed by atoms with Crippen LogP contribution in [0.5, 0.6) is 0 Å². The summed E-state index contributed by atoms with van der Waals surface area (Å²) in [5.74, 6) is -1.29. The van der Waals surface area contributed by atoms with Gasteiger partial charge in [-0.2, -0.15) is 0 Å². The molecule has 0 aromatic rings. The van der Waals surface area contributed by atoms with Gasteiger partial charge in [0.2, 0.25) is 10.4 Å². The van der Waals surface area contributed by atoms with Gasteiger partial charge in [-0.3, -0.25) is 13.8 Å². The summed E-state index contributed by atoms with van der Waals surface area (Å²) in [7, 11) is -4.04. The summed E-state index contributed by atoms with van der Waals surface area (Å²) >= 11 is 0. The Hall–Kier alpha value is -0.830. The number of hydrogen-bond donors (Lipinski definition) is 1. The van der Waals surface area contributed by atoms with E-state index in [2.05, 4.69) is 38.2 Å². The second kappa shape index (κ2) is 37.2. The number of hydrogen-bond acceptors (Lipinski definition) is 11. The Morgan fingerprint density at radius 1 is 0.589 bits per heavy atom. The second-order valence-corrected chi connectivity index (χ2v) is 16.0. The summed E-state index contributed by atoms with van der Waals surface area (Å²) in [5, 5.41) is 9.93. The van der Waals surface area contributed by atoms with E-state index in [-0.39, 0.29) is 42.4 Å². The van der Waals surface area contributed by atoms with Crippen molar-refractivity contribution in [3.63, 3.8) is 0 Å². The van der Waals surface area contributed by atoms with Crippen molar-refractivity contribution in [1.29, 1.82) is 0 Å². The van der Waals surface area contributed by atoms with Crippen molar-refractivity contribution in [1.82, 2.24) is 0 Å². The molecule has 0 aromatic heterocycles. The summed E-state index contributed by atoms with van der Waals surface area (Å²) in [4.78, 5) is 26.0. The molecule has 0 spiro atoms. The fourth-order valence-electron chi connectivity index (χ4n) is 6.83. The number of rotatable bonds is 36. The molecule has 1 fully saturated rings. The normalized spacial score (nSPS) is 20.1. The van der Waals surface area contributed by atoms with E-state index in [1.54, 1.807) is 0 Å². The van der Waals surface area contributed by atoms with Gasteiger partial charge in [0.05, 0.1) is 6.61 Å². The number of carbonyl (C=O) groups is 2. The van der Waals surface area contributed by atoms with Crippen LogP contribution in [0.1, 0.15) is 194 Å². The molecule has 0 aromatic carbocycles. The molecule has 0 amide bonds. The Bertz CT molecular complexity index is 1120. The molecule has 11 nitrogen and oxygen atoms in total. The molecule has 0 unspecified atom stereocenters. The molecule has 1 rings (SSSR count). The molecule has 1 saturated heterocycles. The van der Waals surface area contributed by atoms with Crippen molar-refractivity contribution in [3.05, 3.63) is 24.3 Å². The number of aliphatic hydroxyl groups is 1. The van der Waals surface area contributed by atoms with Gasteiger partial charge in [-0.25, -0.2) is 8.42 Å². The summed E-state index contributed by atoms with van der Waals surface area (Å²) in [5.41, 5.74) is 0. The first-order valence-electron chi connectivity index (χ1n) is 21.8. The third-order valence-corrected chi connectivity index (χ3v) is 10.5. The van der Waals surface area contributed by atoms with E-state index in [1.807, 2.05) is 0 Å². The van der Waals surface area contributed by atoms with Gasteiger partial charge in [-0.1, -0.05) is 141 Å². The Balaban J connectivity index is 0.0000302. The van der Waals surface area contributed by atoms with Crippen LogP contribution in [0.25, 0.3) is 0 Å². The number of unbranched alkanes of at least 4 members (excludes halogenated alkanes) is 22. The fourth-order valence-corrected chi connectivity index (χ4v) is 7.33. The van der Waals surface area contributed by atoms with Gasteiger partial charge in [0.15, 0.2) is 18.5 Å². The summed E-state index contributed by atoms with van der Waals surface area (Å²) in [6, 6.07) is 0. The molecule has 0 aliphatic carbocycles. The number of ether oxygens (including phenoxy) is 4. The molecule has 0 radical (unpaired) electrons. The third-order valence-electron chi connectivity index (χ3n) is 10.1. The molecule has 56 heavy (non-hydrogen) atoms. The van der Waals surface area contributed by atoms with Crippen molar-refractivity contribution < 1.29 is 80.4 Å². The zero-order valence-corrected chi connectivity index (χ0v) is 38.5. The van der Waals surface area contributed by atoms with E-state index < -0.39 is 59.7 Å². The number of allylic oxidation sites excluding steroid dienone is 4. The topological polar surface area (TPSA) is 158 Å². The maximum atomic E-state index is 13.0. The molecule has 0 bridgehead atoms. The van der Waals surface area contributed by atoms with Crippen LogP contribution < -0.4 is 29.6 Å². The standard InChI is InChI=1S/C43H78O11S.Na/c1-4-6-8-10-12-14-16-18-20-22-24-26-28-30-32-34-38(45)52-41-40(54-55(47,48)49)37(36-44)51-43(50-3)42(41)53-39(46)35-33-31-29-27-25-23-21-19-17-15-13-11-9-7-5-2;/h18-21,37,40-44H,4-17,22-36H2,1-3H3,(H,47,48,49);/q;+1/p-1/b20-18-,21-19-;/t37-,40-,41+,42-,43+;/m1./s1. The van der Waals surface area contributed by atoms with Crippen LogP contribution in [-0.4, -0.2) is 74.4 Å².